The molecule has 2 aromatic heterocycles. The van der Waals surface area contributed by atoms with Crippen LogP contribution in [0.25, 0.3) is 0 Å². The maximum atomic E-state index is 12.7. The molecule has 7 nitrogen and oxygen atoms in total. The molecule has 0 aliphatic heterocycles. The van der Waals surface area contributed by atoms with Crippen LogP contribution in [0, 0.1) is 12.8 Å². The zero-order valence-corrected chi connectivity index (χ0v) is 14.3. The van der Waals surface area contributed by atoms with Crippen LogP contribution in [0.2, 0.25) is 0 Å². The number of hydrogen-bond donors (Lipinski definition) is 0. The van der Waals surface area contributed by atoms with Gasteiger partial charge in [-0.05, 0) is 25.7 Å². The SMILES string of the molecule is Cc1nnc(S(=O)(=O)Cc2cnsn2)n1[C@@H]1CCC[C@@H](C)C1. The summed E-state index contributed by atoms with van der Waals surface area (Å²) in [6, 6.07) is 0.164. The van der Waals surface area contributed by atoms with Crippen molar-refractivity contribution in [2.75, 3.05) is 0 Å². The first-order valence-corrected chi connectivity index (χ1v) is 9.76. The fraction of sp³-hybridized carbons (Fsp3) is 0.692. The van der Waals surface area contributed by atoms with Crippen molar-refractivity contribution >= 4 is 21.6 Å². The van der Waals surface area contributed by atoms with Crippen LogP contribution < -0.4 is 0 Å². The Morgan fingerprint density at radius 3 is 2.86 bits per heavy atom. The van der Waals surface area contributed by atoms with E-state index in [0.717, 1.165) is 31.0 Å². The van der Waals surface area contributed by atoms with Crippen molar-refractivity contribution in [3.63, 3.8) is 0 Å². The molecule has 1 fully saturated rings. The molecular weight excluding hydrogens is 322 g/mol. The molecule has 0 radical (unpaired) electrons. The Balaban J connectivity index is 1.94. The van der Waals surface area contributed by atoms with Crippen molar-refractivity contribution < 1.29 is 8.42 Å². The summed E-state index contributed by atoms with van der Waals surface area (Å²) in [4.78, 5) is 0. The fourth-order valence-electron chi connectivity index (χ4n) is 3.13. The molecule has 2 atom stereocenters. The number of aromatic nitrogens is 5. The van der Waals surface area contributed by atoms with Gasteiger partial charge < -0.3 is 0 Å². The van der Waals surface area contributed by atoms with Crippen LogP contribution >= 0.6 is 11.7 Å². The molecule has 120 valence electrons. The third-order valence-corrected chi connectivity index (χ3v) is 6.16. The Kier molecular flexibility index (Phi) is 4.26. The van der Waals surface area contributed by atoms with Crippen LogP contribution in [0.3, 0.4) is 0 Å². The fourth-order valence-corrected chi connectivity index (χ4v) is 5.04. The topological polar surface area (TPSA) is 90.6 Å². The van der Waals surface area contributed by atoms with Crippen molar-refractivity contribution in [2.45, 2.75) is 56.5 Å². The second-order valence-corrected chi connectivity index (χ2v) is 8.42. The number of rotatable bonds is 4. The molecule has 0 aromatic carbocycles. The summed E-state index contributed by atoms with van der Waals surface area (Å²) in [5.41, 5.74) is 0.453. The second-order valence-electron chi connectivity index (χ2n) is 5.98. The minimum Gasteiger partial charge on any atom is -0.299 e. The molecule has 3 rings (SSSR count). The van der Waals surface area contributed by atoms with Gasteiger partial charge in [0.15, 0.2) is 0 Å². The standard InChI is InChI=1S/C13H19N5O2S2/c1-9-4-3-5-12(6-9)18-10(2)15-16-13(18)22(19,20)8-11-7-14-21-17-11/h7,9,12H,3-6,8H2,1-2H3/t9-,12-/m1/s1. The van der Waals surface area contributed by atoms with Crippen molar-refractivity contribution in [2.24, 2.45) is 5.92 Å². The summed E-state index contributed by atoms with van der Waals surface area (Å²) in [7, 11) is -3.57. The molecule has 9 heteroatoms. The van der Waals surface area contributed by atoms with E-state index in [0.29, 0.717) is 17.4 Å². The zero-order chi connectivity index (χ0) is 15.7. The van der Waals surface area contributed by atoms with Gasteiger partial charge in [0.25, 0.3) is 0 Å². The van der Waals surface area contributed by atoms with Gasteiger partial charge in [-0.25, -0.2) is 8.42 Å². The van der Waals surface area contributed by atoms with E-state index in [1.165, 1.54) is 12.6 Å². The largest absolute Gasteiger partial charge is 0.299 e. The van der Waals surface area contributed by atoms with E-state index in [1.807, 2.05) is 11.5 Å². The van der Waals surface area contributed by atoms with Gasteiger partial charge in [-0.1, -0.05) is 19.8 Å². The highest BCUT2D eigenvalue weighted by Crippen LogP contribution is 2.34. The number of sulfone groups is 1. The summed E-state index contributed by atoms with van der Waals surface area (Å²) < 4.78 is 35.0. The van der Waals surface area contributed by atoms with Gasteiger partial charge in [0.1, 0.15) is 11.6 Å². The van der Waals surface area contributed by atoms with Crippen LogP contribution in [0.1, 0.15) is 50.2 Å². The smallest absolute Gasteiger partial charge is 0.250 e. The minimum absolute atomic E-state index is 0.0668. The molecule has 2 aromatic rings. The van der Waals surface area contributed by atoms with Gasteiger partial charge in [-0.2, -0.15) is 8.75 Å². The van der Waals surface area contributed by atoms with Crippen LogP contribution in [0.15, 0.2) is 11.4 Å². The number of hydrogen-bond acceptors (Lipinski definition) is 7. The molecule has 0 bridgehead atoms. The Hall–Kier alpha value is -1.35. The average Bonchev–Trinajstić information content (AvgIpc) is 3.08. The third-order valence-electron chi connectivity index (χ3n) is 4.13. The molecule has 0 saturated heterocycles. The third kappa shape index (κ3) is 3.05. The highest BCUT2D eigenvalue weighted by Gasteiger charge is 2.30. The Morgan fingerprint density at radius 2 is 2.18 bits per heavy atom. The quantitative estimate of drug-likeness (QED) is 0.846. The average molecular weight is 341 g/mol. The number of aryl methyl sites for hydroxylation is 1. The molecule has 2 heterocycles. The van der Waals surface area contributed by atoms with Crippen LogP contribution in [-0.4, -0.2) is 31.9 Å². The molecule has 22 heavy (non-hydrogen) atoms. The Labute approximate surface area is 134 Å². The second kappa shape index (κ2) is 6.04. The molecule has 1 saturated carbocycles. The van der Waals surface area contributed by atoms with Gasteiger partial charge in [-0.3, -0.25) is 4.57 Å². The van der Waals surface area contributed by atoms with E-state index < -0.39 is 9.84 Å². The predicted molar refractivity (Wildman–Crippen MR) is 82.2 cm³/mol. The molecule has 0 unspecified atom stereocenters. The summed E-state index contributed by atoms with van der Waals surface area (Å²) in [5, 5.41) is 8.03. The molecule has 1 aliphatic carbocycles. The molecule has 0 spiro atoms. The first-order valence-electron chi connectivity index (χ1n) is 7.38. The zero-order valence-electron chi connectivity index (χ0n) is 12.6. The molecule has 1 aliphatic rings. The lowest BCUT2D eigenvalue weighted by Crippen LogP contribution is -2.23. The maximum absolute atomic E-state index is 12.7. The van der Waals surface area contributed by atoms with E-state index in [1.54, 1.807) is 0 Å². The highest BCUT2D eigenvalue weighted by atomic mass is 32.2. The van der Waals surface area contributed by atoms with E-state index in [2.05, 4.69) is 25.9 Å². The van der Waals surface area contributed by atoms with Gasteiger partial charge in [0, 0.05) is 6.04 Å². The van der Waals surface area contributed by atoms with Gasteiger partial charge in [0.2, 0.25) is 15.0 Å². The van der Waals surface area contributed by atoms with Crippen molar-refractivity contribution in [1.82, 2.24) is 23.5 Å². The van der Waals surface area contributed by atoms with E-state index in [9.17, 15) is 8.42 Å². The van der Waals surface area contributed by atoms with E-state index in [-0.39, 0.29) is 17.0 Å². The molecule has 0 amide bonds. The first kappa shape index (κ1) is 15.5. The lowest BCUT2D eigenvalue weighted by molar-refractivity contribution is 0.267. The van der Waals surface area contributed by atoms with Crippen molar-refractivity contribution in [1.29, 1.82) is 0 Å². The highest BCUT2D eigenvalue weighted by molar-refractivity contribution is 7.90. The van der Waals surface area contributed by atoms with Gasteiger partial charge in [0.05, 0.1) is 23.6 Å². The lowest BCUT2D eigenvalue weighted by atomic mass is 9.87. The van der Waals surface area contributed by atoms with Crippen LogP contribution in [0.5, 0.6) is 0 Å². The molecular formula is C13H19N5O2S2. The van der Waals surface area contributed by atoms with Gasteiger partial charge >= 0.3 is 0 Å². The summed E-state index contributed by atoms with van der Waals surface area (Å²) >= 11 is 1.01. The predicted octanol–water partition coefficient (Wildman–Crippen LogP) is 2.16. The summed E-state index contributed by atoms with van der Waals surface area (Å²) in [5.74, 6) is 1.08. The van der Waals surface area contributed by atoms with Crippen molar-refractivity contribution in [3.8, 4) is 0 Å². The maximum Gasteiger partial charge on any atom is 0.250 e. The Morgan fingerprint density at radius 1 is 1.36 bits per heavy atom. The summed E-state index contributed by atoms with van der Waals surface area (Å²) in [6.45, 7) is 4.02. The van der Waals surface area contributed by atoms with E-state index in [4.69, 9.17) is 0 Å². The van der Waals surface area contributed by atoms with Crippen LogP contribution in [-0.2, 0) is 15.6 Å². The summed E-state index contributed by atoms with van der Waals surface area (Å²) in [6.07, 6.45) is 5.74. The normalized spacial score (nSPS) is 22.8. The van der Waals surface area contributed by atoms with Crippen LogP contribution in [0.4, 0.5) is 0 Å². The Bertz CT molecular complexity index is 739. The lowest BCUT2D eigenvalue weighted by Gasteiger charge is -2.29. The van der Waals surface area contributed by atoms with E-state index >= 15 is 0 Å². The van der Waals surface area contributed by atoms with Crippen molar-refractivity contribution in [3.05, 3.63) is 17.7 Å². The minimum atomic E-state index is -3.57. The first-order chi connectivity index (χ1) is 10.5. The van der Waals surface area contributed by atoms with Gasteiger partial charge in [-0.15, -0.1) is 10.2 Å². The monoisotopic (exact) mass is 341 g/mol. The molecule has 0 N–H and O–H groups in total. The number of nitrogens with zero attached hydrogens (tertiary/aromatic N) is 5.